The van der Waals surface area contributed by atoms with Crippen LogP contribution in [0, 0.1) is 18.8 Å². The molecule has 7 atom stereocenters. The summed E-state index contributed by atoms with van der Waals surface area (Å²) in [4.78, 5) is 12.5. The van der Waals surface area contributed by atoms with Gasteiger partial charge in [0.05, 0.1) is 18.3 Å². The Hall–Kier alpha value is -1.34. The second-order valence-electron chi connectivity index (χ2n) is 7.27. The number of esters is 1. The van der Waals surface area contributed by atoms with E-state index in [1.54, 1.807) is 19.1 Å². The first kappa shape index (κ1) is 17.1. The topological polar surface area (TPSA) is 85.2 Å². The van der Waals surface area contributed by atoms with Crippen molar-refractivity contribution >= 4 is 17.6 Å². The highest BCUT2D eigenvalue weighted by Gasteiger charge is 2.66. The molecule has 0 aromatic heterocycles. The van der Waals surface area contributed by atoms with Crippen LogP contribution in [-0.4, -0.2) is 52.3 Å². The van der Waals surface area contributed by atoms with E-state index in [1.807, 2.05) is 6.92 Å². The lowest BCUT2D eigenvalue weighted by Crippen LogP contribution is -2.49. The number of benzene rings is 1. The first-order valence-electron chi connectivity index (χ1n) is 8.45. The van der Waals surface area contributed by atoms with Crippen molar-refractivity contribution in [2.24, 2.45) is 11.8 Å². The Kier molecular flexibility index (Phi) is 3.99. The minimum Gasteiger partial charge on any atom is -0.508 e. The molecule has 1 aliphatic carbocycles. The Bertz CT molecular complexity index is 709. The largest absolute Gasteiger partial charge is 0.508 e. The van der Waals surface area contributed by atoms with Gasteiger partial charge in [0.25, 0.3) is 0 Å². The number of aryl methyl sites for hydroxylation is 1. The van der Waals surface area contributed by atoms with E-state index in [1.165, 1.54) is 6.07 Å². The fourth-order valence-electron chi connectivity index (χ4n) is 4.48. The molecule has 0 spiro atoms. The van der Waals surface area contributed by atoms with E-state index in [-0.39, 0.29) is 35.9 Å². The van der Waals surface area contributed by atoms with Gasteiger partial charge in [-0.2, -0.15) is 0 Å². The van der Waals surface area contributed by atoms with Crippen molar-refractivity contribution in [2.45, 2.75) is 49.7 Å². The highest BCUT2D eigenvalue weighted by atomic mass is 35.5. The molecule has 0 radical (unpaired) electrons. The molecule has 136 valence electrons. The lowest BCUT2D eigenvalue weighted by atomic mass is 9.80. The number of phenols is 1. The molecule has 1 saturated carbocycles. The number of carbonyl (C=O) groups excluding carboxylic acids is 1. The maximum absolute atomic E-state index is 12.5. The number of hydrogen-bond donors (Lipinski definition) is 2. The van der Waals surface area contributed by atoms with E-state index in [0.29, 0.717) is 12.0 Å². The smallest absolute Gasteiger partial charge is 0.338 e. The molecule has 25 heavy (non-hydrogen) atoms. The molecule has 3 aliphatic heterocycles. The van der Waals surface area contributed by atoms with E-state index < -0.39 is 29.3 Å². The molecule has 5 rings (SSSR count). The summed E-state index contributed by atoms with van der Waals surface area (Å²) in [7, 11) is 0. The number of phenolic OH excluding ortho intramolecular Hbond substituents is 1. The predicted octanol–water partition coefficient (Wildman–Crippen LogP) is 1.98. The molecule has 1 aromatic rings. The summed E-state index contributed by atoms with van der Waals surface area (Å²) < 4.78 is 17.1. The fourth-order valence-corrected chi connectivity index (χ4v) is 4.93. The van der Waals surface area contributed by atoms with Gasteiger partial charge in [0.2, 0.25) is 0 Å². The number of fused-ring (bicyclic) bond motifs is 2. The van der Waals surface area contributed by atoms with Gasteiger partial charge < -0.3 is 24.4 Å². The Labute approximate surface area is 150 Å². The van der Waals surface area contributed by atoms with E-state index in [4.69, 9.17) is 25.8 Å². The minimum absolute atomic E-state index is 0.0342. The highest BCUT2D eigenvalue weighted by Crippen LogP contribution is 2.54. The van der Waals surface area contributed by atoms with Crippen LogP contribution in [0.15, 0.2) is 18.2 Å². The third kappa shape index (κ3) is 2.54. The Morgan fingerprint density at radius 1 is 1.44 bits per heavy atom. The lowest BCUT2D eigenvalue weighted by Gasteiger charge is -2.37. The molecule has 6 nitrogen and oxygen atoms in total. The van der Waals surface area contributed by atoms with Crippen molar-refractivity contribution < 1.29 is 29.2 Å². The van der Waals surface area contributed by atoms with Crippen LogP contribution in [0.2, 0.25) is 0 Å². The summed E-state index contributed by atoms with van der Waals surface area (Å²) in [5.41, 5.74) is -0.365. The van der Waals surface area contributed by atoms with Crippen LogP contribution in [0.25, 0.3) is 0 Å². The molecular weight excluding hydrogens is 348 g/mol. The van der Waals surface area contributed by atoms with Crippen molar-refractivity contribution in [1.82, 2.24) is 0 Å². The van der Waals surface area contributed by atoms with Gasteiger partial charge in [-0.3, -0.25) is 0 Å². The van der Waals surface area contributed by atoms with Gasteiger partial charge in [0, 0.05) is 18.3 Å². The van der Waals surface area contributed by atoms with Crippen molar-refractivity contribution in [3.05, 3.63) is 29.3 Å². The van der Waals surface area contributed by atoms with E-state index in [0.717, 1.165) is 0 Å². The predicted molar refractivity (Wildman–Crippen MR) is 88.5 cm³/mol. The van der Waals surface area contributed by atoms with Gasteiger partial charge in [-0.1, -0.05) is 6.07 Å². The normalized spacial score (nSPS) is 42.2. The molecule has 2 N–H and O–H groups in total. The van der Waals surface area contributed by atoms with Crippen LogP contribution < -0.4 is 0 Å². The third-order valence-electron chi connectivity index (χ3n) is 5.75. The van der Waals surface area contributed by atoms with Crippen molar-refractivity contribution in [3.8, 4) is 5.75 Å². The summed E-state index contributed by atoms with van der Waals surface area (Å²) in [6.45, 7) is 3.70. The quantitative estimate of drug-likeness (QED) is 0.613. The number of halogens is 1. The fraction of sp³-hybridized carbons (Fsp3) is 0.611. The third-order valence-corrected chi connectivity index (χ3v) is 6.38. The average molecular weight is 369 g/mol. The molecule has 3 heterocycles. The lowest BCUT2D eigenvalue weighted by molar-refractivity contribution is -0.199. The molecule has 4 aliphatic rings. The summed E-state index contributed by atoms with van der Waals surface area (Å²) in [5.74, 6) is -0.914. The summed E-state index contributed by atoms with van der Waals surface area (Å²) in [6, 6.07) is 4.63. The van der Waals surface area contributed by atoms with Crippen LogP contribution >= 0.6 is 11.6 Å². The van der Waals surface area contributed by atoms with Gasteiger partial charge in [-0.15, -0.1) is 11.6 Å². The zero-order valence-electron chi connectivity index (χ0n) is 14.0. The Morgan fingerprint density at radius 3 is 2.92 bits per heavy atom. The monoisotopic (exact) mass is 368 g/mol. The van der Waals surface area contributed by atoms with Crippen LogP contribution in [0.1, 0.15) is 29.3 Å². The first-order valence-corrected chi connectivity index (χ1v) is 8.89. The molecule has 3 saturated heterocycles. The van der Waals surface area contributed by atoms with Gasteiger partial charge in [0.15, 0.2) is 6.29 Å². The van der Waals surface area contributed by atoms with Gasteiger partial charge in [-0.25, -0.2) is 4.79 Å². The number of hydrogen-bond acceptors (Lipinski definition) is 6. The molecule has 4 bridgehead atoms. The summed E-state index contributed by atoms with van der Waals surface area (Å²) in [6.07, 6.45) is -0.758. The number of rotatable bonds is 2. The highest BCUT2D eigenvalue weighted by molar-refractivity contribution is 6.22. The molecule has 0 unspecified atom stereocenters. The number of alkyl halides is 1. The van der Waals surface area contributed by atoms with Crippen LogP contribution in [0.5, 0.6) is 5.75 Å². The number of aliphatic hydroxyl groups is 1. The van der Waals surface area contributed by atoms with Crippen molar-refractivity contribution in [1.29, 1.82) is 0 Å². The van der Waals surface area contributed by atoms with Crippen LogP contribution in [-0.2, 0) is 14.2 Å². The zero-order valence-corrected chi connectivity index (χ0v) is 14.8. The van der Waals surface area contributed by atoms with E-state index in [9.17, 15) is 15.0 Å². The standard InChI is InChI=1S/C18H21ClO6/c1-8-3-4-10(5-12(8)20)17(21)25-15-11-6-13-23-7-18(22,16(15)19)14(11)9(2)24-13/h3-5,9,11,13-16,20,22H,6-7H2,1-2H3/t9-,11+,13+,14-,15-,16+,18+/m0/s1. The van der Waals surface area contributed by atoms with E-state index >= 15 is 0 Å². The molecule has 7 heteroatoms. The number of ether oxygens (including phenoxy) is 3. The molecule has 0 amide bonds. The molecule has 4 fully saturated rings. The SMILES string of the molecule is Cc1ccc(C(=O)O[C@H]2[C@@H]3C[C@@H]4OC[C@@](O)([C@H]3[C@H](C)O4)[C@@H]2Cl)cc1O. The summed E-state index contributed by atoms with van der Waals surface area (Å²) >= 11 is 6.53. The van der Waals surface area contributed by atoms with Crippen molar-refractivity contribution in [3.63, 3.8) is 0 Å². The second-order valence-corrected chi connectivity index (χ2v) is 7.74. The maximum atomic E-state index is 12.5. The zero-order chi connectivity index (χ0) is 17.9. The van der Waals surface area contributed by atoms with Gasteiger partial charge in [-0.05, 0) is 31.5 Å². The number of aromatic hydroxyl groups is 1. The minimum atomic E-state index is -1.29. The van der Waals surface area contributed by atoms with E-state index in [2.05, 4.69) is 0 Å². The Morgan fingerprint density at radius 2 is 2.20 bits per heavy atom. The summed E-state index contributed by atoms with van der Waals surface area (Å²) in [5, 5.41) is 20.1. The first-order chi connectivity index (χ1) is 11.8. The van der Waals surface area contributed by atoms with Gasteiger partial charge in [0.1, 0.15) is 22.8 Å². The average Bonchev–Trinajstić information content (AvgIpc) is 2.69. The van der Waals surface area contributed by atoms with Crippen LogP contribution in [0.3, 0.4) is 0 Å². The van der Waals surface area contributed by atoms with Gasteiger partial charge >= 0.3 is 5.97 Å². The molecular formula is C18H21ClO6. The maximum Gasteiger partial charge on any atom is 0.338 e. The van der Waals surface area contributed by atoms with Crippen LogP contribution in [0.4, 0.5) is 0 Å². The second kappa shape index (κ2) is 5.84. The number of carbonyl (C=O) groups is 1. The van der Waals surface area contributed by atoms with Crippen molar-refractivity contribution in [2.75, 3.05) is 6.61 Å². The Balaban J connectivity index is 1.61. The molecule has 1 aromatic carbocycles.